The maximum atomic E-state index is 11.6. The normalized spacial score (nSPS) is 11.5. The zero-order valence-electron chi connectivity index (χ0n) is 10.1. The van der Waals surface area contributed by atoms with E-state index >= 15 is 0 Å². The van der Waals surface area contributed by atoms with E-state index in [4.69, 9.17) is 4.74 Å². The maximum Gasteiger partial charge on any atom is 0.355 e. The summed E-state index contributed by atoms with van der Waals surface area (Å²) in [5.74, 6) is -0.273. The molecule has 1 heterocycles. The number of ether oxygens (including phenoxy) is 1. The van der Waals surface area contributed by atoms with Crippen molar-refractivity contribution >= 4 is 5.97 Å². The Morgan fingerprint density at radius 2 is 2.07 bits per heavy atom. The average Bonchev–Trinajstić information content (AvgIpc) is 2.47. The molecule has 0 spiro atoms. The molecule has 0 aliphatic carbocycles. The summed E-state index contributed by atoms with van der Waals surface area (Å²) in [6, 6.07) is 2.01. The molecular formula is C12H19NO2. The van der Waals surface area contributed by atoms with Gasteiger partial charge in [0.25, 0.3) is 0 Å². The first-order valence-electron chi connectivity index (χ1n) is 5.23. The molecule has 0 atom stereocenters. The molecule has 1 aromatic heterocycles. The molecule has 1 rings (SSSR count). The lowest BCUT2D eigenvalue weighted by Gasteiger charge is -2.15. The zero-order valence-corrected chi connectivity index (χ0v) is 10.1. The van der Waals surface area contributed by atoms with Gasteiger partial charge in [0.05, 0.1) is 6.61 Å². The third-order valence-electron chi connectivity index (χ3n) is 2.30. The second-order valence-corrected chi connectivity index (χ2v) is 4.71. The molecule has 84 valence electrons. The maximum absolute atomic E-state index is 11.6. The van der Waals surface area contributed by atoms with Gasteiger partial charge in [0, 0.05) is 11.1 Å². The van der Waals surface area contributed by atoms with Crippen LogP contribution in [0, 0.1) is 6.92 Å². The Labute approximate surface area is 90.8 Å². The highest BCUT2D eigenvalue weighted by Gasteiger charge is 2.20. The van der Waals surface area contributed by atoms with Crippen LogP contribution in [0.1, 0.15) is 49.4 Å². The molecule has 15 heavy (non-hydrogen) atoms. The molecule has 0 aromatic carbocycles. The van der Waals surface area contributed by atoms with Crippen LogP contribution < -0.4 is 0 Å². The number of hydrogen-bond acceptors (Lipinski definition) is 2. The van der Waals surface area contributed by atoms with E-state index in [-0.39, 0.29) is 11.4 Å². The molecule has 0 bridgehead atoms. The van der Waals surface area contributed by atoms with E-state index in [1.165, 1.54) is 0 Å². The van der Waals surface area contributed by atoms with Gasteiger partial charge in [-0.05, 0) is 25.5 Å². The minimum Gasteiger partial charge on any atom is -0.461 e. The van der Waals surface area contributed by atoms with Gasteiger partial charge in [0.2, 0.25) is 0 Å². The van der Waals surface area contributed by atoms with Crippen LogP contribution in [-0.2, 0) is 10.2 Å². The van der Waals surface area contributed by atoms with Crippen molar-refractivity contribution in [3.05, 3.63) is 23.0 Å². The molecule has 1 N–H and O–H groups in total. The predicted molar refractivity (Wildman–Crippen MR) is 60.2 cm³/mol. The Bertz CT molecular complexity index is 358. The van der Waals surface area contributed by atoms with Gasteiger partial charge in [-0.25, -0.2) is 4.79 Å². The van der Waals surface area contributed by atoms with Gasteiger partial charge in [-0.2, -0.15) is 0 Å². The van der Waals surface area contributed by atoms with Crippen LogP contribution in [-0.4, -0.2) is 17.6 Å². The highest BCUT2D eigenvalue weighted by atomic mass is 16.5. The van der Waals surface area contributed by atoms with E-state index in [1.807, 2.05) is 13.0 Å². The average molecular weight is 209 g/mol. The van der Waals surface area contributed by atoms with Crippen molar-refractivity contribution in [2.24, 2.45) is 0 Å². The summed E-state index contributed by atoms with van der Waals surface area (Å²) in [6.07, 6.45) is 0. The van der Waals surface area contributed by atoms with Gasteiger partial charge in [0.15, 0.2) is 0 Å². The number of carbonyl (C=O) groups excluding carboxylic acids is 1. The first-order chi connectivity index (χ1) is 6.86. The zero-order chi connectivity index (χ0) is 11.6. The van der Waals surface area contributed by atoms with E-state index in [2.05, 4.69) is 25.8 Å². The topological polar surface area (TPSA) is 42.1 Å². The van der Waals surface area contributed by atoms with E-state index in [9.17, 15) is 4.79 Å². The summed E-state index contributed by atoms with van der Waals surface area (Å²) in [6.45, 7) is 10.4. The molecular weight excluding hydrogens is 190 g/mol. The van der Waals surface area contributed by atoms with Crippen molar-refractivity contribution in [3.8, 4) is 0 Å². The lowest BCUT2D eigenvalue weighted by Crippen LogP contribution is -2.12. The summed E-state index contributed by atoms with van der Waals surface area (Å²) in [5, 5.41) is 0. The molecule has 3 nitrogen and oxygen atoms in total. The van der Waals surface area contributed by atoms with Crippen LogP contribution in [0.4, 0.5) is 0 Å². The van der Waals surface area contributed by atoms with Gasteiger partial charge in [-0.3, -0.25) is 0 Å². The number of nitrogens with one attached hydrogen (secondary N) is 1. The number of rotatable bonds is 2. The summed E-state index contributed by atoms with van der Waals surface area (Å²) in [4.78, 5) is 14.7. The smallest absolute Gasteiger partial charge is 0.355 e. The van der Waals surface area contributed by atoms with Gasteiger partial charge < -0.3 is 9.72 Å². The third-order valence-corrected chi connectivity index (χ3v) is 2.30. The molecule has 0 aliphatic heterocycles. The van der Waals surface area contributed by atoms with Crippen LogP contribution in [0.5, 0.6) is 0 Å². The van der Waals surface area contributed by atoms with E-state index in [1.54, 1.807) is 6.92 Å². The Morgan fingerprint density at radius 1 is 1.47 bits per heavy atom. The molecule has 0 saturated heterocycles. The van der Waals surface area contributed by atoms with Gasteiger partial charge >= 0.3 is 5.97 Å². The van der Waals surface area contributed by atoms with Crippen molar-refractivity contribution in [3.63, 3.8) is 0 Å². The molecule has 0 unspecified atom stereocenters. The largest absolute Gasteiger partial charge is 0.461 e. The standard InChI is InChI=1S/C12H19NO2/c1-6-15-11(14)10-8(2)7-9(13-10)12(3,4)5/h7,13H,6H2,1-5H3. The van der Waals surface area contributed by atoms with Crippen LogP contribution in [0.25, 0.3) is 0 Å². The molecule has 1 aromatic rings. The number of esters is 1. The fourth-order valence-electron chi connectivity index (χ4n) is 1.38. The van der Waals surface area contributed by atoms with E-state index < -0.39 is 0 Å². The minimum atomic E-state index is -0.273. The van der Waals surface area contributed by atoms with Crippen molar-refractivity contribution in [1.29, 1.82) is 0 Å². The molecule has 3 heteroatoms. The summed E-state index contributed by atoms with van der Waals surface area (Å²) in [7, 11) is 0. The highest BCUT2D eigenvalue weighted by Crippen LogP contribution is 2.23. The first kappa shape index (κ1) is 11.8. The molecule has 0 saturated carbocycles. The third kappa shape index (κ3) is 2.61. The van der Waals surface area contributed by atoms with Crippen molar-refractivity contribution < 1.29 is 9.53 Å². The Kier molecular flexibility index (Phi) is 3.22. The van der Waals surface area contributed by atoms with E-state index in [0.717, 1.165) is 11.3 Å². The van der Waals surface area contributed by atoms with E-state index in [0.29, 0.717) is 12.3 Å². The highest BCUT2D eigenvalue weighted by molar-refractivity contribution is 5.89. The van der Waals surface area contributed by atoms with Crippen molar-refractivity contribution in [2.75, 3.05) is 6.61 Å². The van der Waals surface area contributed by atoms with Crippen molar-refractivity contribution in [2.45, 2.75) is 40.0 Å². The van der Waals surface area contributed by atoms with Crippen LogP contribution >= 0.6 is 0 Å². The summed E-state index contributed by atoms with van der Waals surface area (Å²) in [5.41, 5.74) is 2.60. The quantitative estimate of drug-likeness (QED) is 0.761. The SMILES string of the molecule is CCOC(=O)c1[nH]c(C(C)(C)C)cc1C. The number of H-pyrrole nitrogens is 1. The number of aryl methyl sites for hydroxylation is 1. The van der Waals surface area contributed by atoms with Gasteiger partial charge in [-0.1, -0.05) is 20.8 Å². The molecule has 0 amide bonds. The second-order valence-electron chi connectivity index (χ2n) is 4.71. The molecule has 0 aliphatic rings. The van der Waals surface area contributed by atoms with Crippen molar-refractivity contribution in [1.82, 2.24) is 4.98 Å². The lowest BCUT2D eigenvalue weighted by molar-refractivity contribution is 0.0519. The number of aromatic amines is 1. The molecule has 0 radical (unpaired) electrons. The van der Waals surface area contributed by atoms with Crippen LogP contribution in [0.2, 0.25) is 0 Å². The van der Waals surface area contributed by atoms with Gasteiger partial charge in [0.1, 0.15) is 5.69 Å². The molecule has 0 fully saturated rings. The van der Waals surface area contributed by atoms with Gasteiger partial charge in [-0.15, -0.1) is 0 Å². The second kappa shape index (κ2) is 4.09. The fraction of sp³-hybridized carbons (Fsp3) is 0.583. The van der Waals surface area contributed by atoms with Crippen LogP contribution in [0.15, 0.2) is 6.07 Å². The summed E-state index contributed by atoms with van der Waals surface area (Å²) >= 11 is 0. The number of aromatic nitrogens is 1. The number of hydrogen-bond donors (Lipinski definition) is 1. The Balaban J connectivity index is 3.02. The van der Waals surface area contributed by atoms with Crippen LogP contribution in [0.3, 0.4) is 0 Å². The monoisotopic (exact) mass is 209 g/mol. The predicted octanol–water partition coefficient (Wildman–Crippen LogP) is 2.80. The fourth-order valence-corrected chi connectivity index (χ4v) is 1.38. The first-order valence-corrected chi connectivity index (χ1v) is 5.23. The Hall–Kier alpha value is -1.25. The lowest BCUT2D eigenvalue weighted by atomic mass is 9.92. The minimum absolute atomic E-state index is 0.0233. The Morgan fingerprint density at radius 3 is 2.47 bits per heavy atom. The number of carbonyl (C=O) groups is 1. The summed E-state index contributed by atoms with van der Waals surface area (Å²) < 4.78 is 4.96.